The molecule has 23 heavy (non-hydrogen) atoms. The Bertz CT molecular complexity index is 735. The summed E-state index contributed by atoms with van der Waals surface area (Å²) >= 11 is 0. The van der Waals surface area contributed by atoms with E-state index in [-0.39, 0.29) is 17.9 Å². The SMILES string of the molecule is N#Cc1ccc(NC2=CC(=O)N(CCO)C2=O)cc1C(F)(F)F. The zero-order valence-corrected chi connectivity index (χ0v) is 11.5. The van der Waals surface area contributed by atoms with Crippen LogP contribution in [-0.4, -0.2) is 35.0 Å². The highest BCUT2D eigenvalue weighted by Crippen LogP contribution is 2.34. The Hall–Kier alpha value is -2.86. The van der Waals surface area contributed by atoms with Crippen molar-refractivity contribution in [2.75, 3.05) is 18.5 Å². The molecule has 0 radical (unpaired) electrons. The lowest BCUT2D eigenvalue weighted by atomic mass is 10.1. The van der Waals surface area contributed by atoms with Crippen LogP contribution in [0.25, 0.3) is 0 Å². The van der Waals surface area contributed by atoms with Gasteiger partial charge in [-0.25, -0.2) is 0 Å². The lowest BCUT2D eigenvalue weighted by molar-refractivity contribution is -0.138. The Balaban J connectivity index is 2.29. The number of hydrogen-bond donors (Lipinski definition) is 2. The van der Waals surface area contributed by atoms with Crippen LogP contribution in [0.15, 0.2) is 30.0 Å². The average molecular weight is 325 g/mol. The van der Waals surface area contributed by atoms with E-state index in [1.165, 1.54) is 12.1 Å². The zero-order chi connectivity index (χ0) is 17.2. The van der Waals surface area contributed by atoms with Gasteiger partial charge in [0.2, 0.25) is 0 Å². The van der Waals surface area contributed by atoms with Gasteiger partial charge in [-0.15, -0.1) is 0 Å². The van der Waals surface area contributed by atoms with E-state index >= 15 is 0 Å². The van der Waals surface area contributed by atoms with Gasteiger partial charge in [0.25, 0.3) is 11.8 Å². The number of nitriles is 1. The summed E-state index contributed by atoms with van der Waals surface area (Å²) in [6, 6.07) is 4.30. The minimum absolute atomic E-state index is 0.0884. The highest BCUT2D eigenvalue weighted by atomic mass is 19.4. The number of anilines is 1. The lowest BCUT2D eigenvalue weighted by Crippen LogP contribution is -2.34. The van der Waals surface area contributed by atoms with Crippen molar-refractivity contribution < 1.29 is 27.9 Å². The molecule has 9 heteroatoms. The molecule has 0 saturated carbocycles. The number of halogens is 3. The summed E-state index contributed by atoms with van der Waals surface area (Å²) in [5.74, 6) is -1.42. The average Bonchev–Trinajstić information content (AvgIpc) is 2.74. The van der Waals surface area contributed by atoms with Gasteiger partial charge in [0.05, 0.1) is 30.3 Å². The summed E-state index contributed by atoms with van der Waals surface area (Å²) in [6.07, 6.45) is -3.79. The molecule has 0 spiro atoms. The van der Waals surface area contributed by atoms with Gasteiger partial charge in [-0.1, -0.05) is 0 Å². The van der Waals surface area contributed by atoms with Crippen LogP contribution in [0.3, 0.4) is 0 Å². The molecule has 2 N–H and O–H groups in total. The quantitative estimate of drug-likeness (QED) is 0.812. The number of benzene rings is 1. The van der Waals surface area contributed by atoms with Crippen LogP contribution in [0.5, 0.6) is 0 Å². The number of carbonyl (C=O) groups is 2. The first kappa shape index (κ1) is 16.5. The predicted molar refractivity (Wildman–Crippen MR) is 71.7 cm³/mol. The number of aliphatic hydroxyl groups excluding tert-OH is 1. The third kappa shape index (κ3) is 3.32. The smallest absolute Gasteiger partial charge is 0.395 e. The van der Waals surface area contributed by atoms with E-state index < -0.39 is 35.7 Å². The number of nitrogens with one attached hydrogen (secondary N) is 1. The molecule has 6 nitrogen and oxygen atoms in total. The molecule has 0 bridgehead atoms. The summed E-state index contributed by atoms with van der Waals surface area (Å²) in [6.45, 7) is -0.631. The summed E-state index contributed by atoms with van der Waals surface area (Å²) < 4.78 is 38.6. The number of imide groups is 1. The number of alkyl halides is 3. The van der Waals surface area contributed by atoms with Crippen molar-refractivity contribution >= 4 is 17.5 Å². The second-order valence-corrected chi connectivity index (χ2v) is 4.57. The van der Waals surface area contributed by atoms with Crippen LogP contribution in [0.1, 0.15) is 11.1 Å². The number of carbonyl (C=O) groups excluding carboxylic acids is 2. The predicted octanol–water partition coefficient (Wildman–Crippen LogP) is 1.23. The van der Waals surface area contributed by atoms with E-state index in [9.17, 15) is 22.8 Å². The number of nitrogens with zero attached hydrogens (tertiary/aromatic N) is 2. The van der Waals surface area contributed by atoms with Crippen LogP contribution < -0.4 is 5.32 Å². The van der Waals surface area contributed by atoms with E-state index in [0.717, 1.165) is 17.0 Å². The summed E-state index contributed by atoms with van der Waals surface area (Å²) in [4.78, 5) is 24.2. The van der Waals surface area contributed by atoms with Gasteiger partial charge in [0.15, 0.2) is 0 Å². The second-order valence-electron chi connectivity index (χ2n) is 4.57. The summed E-state index contributed by atoms with van der Waals surface area (Å²) in [5, 5.41) is 19.9. The van der Waals surface area contributed by atoms with Crippen molar-refractivity contribution in [3.05, 3.63) is 41.1 Å². The molecule has 0 aliphatic carbocycles. The molecule has 1 aliphatic heterocycles. The van der Waals surface area contributed by atoms with Gasteiger partial charge in [-0.2, -0.15) is 18.4 Å². The van der Waals surface area contributed by atoms with Crippen molar-refractivity contribution in [2.45, 2.75) is 6.18 Å². The lowest BCUT2D eigenvalue weighted by Gasteiger charge is -2.14. The minimum Gasteiger partial charge on any atom is -0.395 e. The molecule has 1 aromatic rings. The van der Waals surface area contributed by atoms with Gasteiger partial charge >= 0.3 is 6.18 Å². The first-order chi connectivity index (χ1) is 10.8. The highest BCUT2D eigenvalue weighted by molar-refractivity contribution is 6.17. The summed E-state index contributed by atoms with van der Waals surface area (Å²) in [7, 11) is 0. The van der Waals surface area contributed by atoms with E-state index in [2.05, 4.69) is 5.32 Å². The van der Waals surface area contributed by atoms with Crippen LogP contribution in [0.4, 0.5) is 18.9 Å². The Morgan fingerprint density at radius 3 is 2.57 bits per heavy atom. The number of amides is 2. The molecule has 0 atom stereocenters. The van der Waals surface area contributed by atoms with Crippen molar-refractivity contribution in [3.8, 4) is 6.07 Å². The molecule has 2 rings (SSSR count). The summed E-state index contributed by atoms with van der Waals surface area (Å²) in [5.41, 5.74) is -1.99. The number of hydrogen-bond acceptors (Lipinski definition) is 5. The first-order valence-corrected chi connectivity index (χ1v) is 6.34. The number of rotatable bonds is 4. The van der Waals surface area contributed by atoms with Crippen molar-refractivity contribution in [1.29, 1.82) is 5.26 Å². The molecule has 0 unspecified atom stereocenters. The zero-order valence-electron chi connectivity index (χ0n) is 11.5. The Kier molecular flexibility index (Phi) is 4.38. The molecule has 0 aromatic heterocycles. The molecule has 1 aliphatic rings. The maximum absolute atomic E-state index is 12.9. The topological polar surface area (TPSA) is 93.4 Å². The second kappa shape index (κ2) is 6.10. The molecule has 0 fully saturated rings. The molecule has 1 aromatic carbocycles. The van der Waals surface area contributed by atoms with E-state index in [0.29, 0.717) is 6.07 Å². The van der Waals surface area contributed by atoms with Crippen LogP contribution in [0.2, 0.25) is 0 Å². The van der Waals surface area contributed by atoms with E-state index in [1.54, 1.807) is 0 Å². The first-order valence-electron chi connectivity index (χ1n) is 6.34. The molecular weight excluding hydrogens is 315 g/mol. The van der Waals surface area contributed by atoms with Crippen LogP contribution in [-0.2, 0) is 15.8 Å². The van der Waals surface area contributed by atoms with Gasteiger partial charge in [0, 0.05) is 11.8 Å². The number of β-amino-alcohol motifs (C(OH)–C–C–N with tert-alkyl or cyclic N) is 1. The Morgan fingerprint density at radius 1 is 1.30 bits per heavy atom. The highest BCUT2D eigenvalue weighted by Gasteiger charge is 2.35. The molecule has 0 saturated heterocycles. The molecule has 1 heterocycles. The third-order valence-corrected chi connectivity index (χ3v) is 3.06. The Morgan fingerprint density at radius 2 is 2.00 bits per heavy atom. The van der Waals surface area contributed by atoms with Gasteiger partial charge in [-0.05, 0) is 18.2 Å². The number of aliphatic hydroxyl groups is 1. The minimum atomic E-state index is -4.73. The normalized spacial score (nSPS) is 14.7. The third-order valence-electron chi connectivity index (χ3n) is 3.06. The fourth-order valence-corrected chi connectivity index (χ4v) is 2.02. The van der Waals surface area contributed by atoms with E-state index in [4.69, 9.17) is 10.4 Å². The maximum Gasteiger partial charge on any atom is 0.417 e. The maximum atomic E-state index is 12.9. The Labute approximate surface area is 128 Å². The fourth-order valence-electron chi connectivity index (χ4n) is 2.02. The van der Waals surface area contributed by atoms with Crippen molar-refractivity contribution in [3.63, 3.8) is 0 Å². The van der Waals surface area contributed by atoms with Crippen molar-refractivity contribution in [1.82, 2.24) is 4.90 Å². The fraction of sp³-hybridized carbons (Fsp3) is 0.214. The molecule has 120 valence electrons. The van der Waals surface area contributed by atoms with Crippen LogP contribution in [0, 0.1) is 11.3 Å². The molecule has 2 amide bonds. The van der Waals surface area contributed by atoms with E-state index in [1.807, 2.05) is 0 Å². The monoisotopic (exact) mass is 325 g/mol. The molecular formula is C14H10F3N3O3. The van der Waals surface area contributed by atoms with Gasteiger partial charge in [-0.3, -0.25) is 14.5 Å². The van der Waals surface area contributed by atoms with Crippen molar-refractivity contribution in [2.24, 2.45) is 0 Å². The van der Waals surface area contributed by atoms with Gasteiger partial charge in [0.1, 0.15) is 5.70 Å². The largest absolute Gasteiger partial charge is 0.417 e. The standard InChI is InChI=1S/C14H10F3N3O3/c15-14(16,17)10-5-9(2-1-8(10)7-18)19-11-6-12(22)20(3-4-21)13(11)23/h1-2,5-6,19,21H,3-4H2. The van der Waals surface area contributed by atoms with Gasteiger partial charge < -0.3 is 10.4 Å². The van der Waals surface area contributed by atoms with Crippen LogP contribution >= 0.6 is 0 Å².